The molecule has 4 rings (SSSR count). The van der Waals surface area contributed by atoms with Crippen molar-refractivity contribution >= 4 is 16.9 Å². The Labute approximate surface area is 180 Å². The molecule has 0 aromatic carbocycles. The van der Waals surface area contributed by atoms with Crippen molar-refractivity contribution in [2.75, 3.05) is 18.9 Å². The fraction of sp³-hybridized carbons (Fsp3) is 0.611. The molecule has 2 aliphatic rings. The first-order valence-electron chi connectivity index (χ1n) is 9.73. The van der Waals surface area contributed by atoms with Crippen LogP contribution in [0.25, 0.3) is 11.0 Å². The van der Waals surface area contributed by atoms with Crippen molar-refractivity contribution in [2.45, 2.75) is 55.2 Å². The number of hydrogen-bond acceptors (Lipinski definition) is 13. The maximum atomic E-state index is 10.5. The molecule has 2 aromatic heterocycles. The maximum Gasteiger partial charge on any atom is 0.186 e. The van der Waals surface area contributed by atoms with Crippen LogP contribution in [0.5, 0.6) is 0 Å². The molecule has 174 valence electrons. The Hall–Kier alpha value is -2.45. The highest BCUT2D eigenvalue weighted by Crippen LogP contribution is 2.35. The Balaban J connectivity index is 1.51. The third-order valence-electron chi connectivity index (χ3n) is 5.64. The van der Waals surface area contributed by atoms with Crippen LogP contribution in [0.2, 0.25) is 0 Å². The van der Waals surface area contributed by atoms with E-state index in [4.69, 9.17) is 19.9 Å². The van der Waals surface area contributed by atoms with Crippen molar-refractivity contribution < 1.29 is 44.8 Å². The van der Waals surface area contributed by atoms with E-state index in [0.717, 1.165) is 0 Å². The van der Waals surface area contributed by atoms with Crippen LogP contribution in [0.4, 0.5) is 5.82 Å². The molecular weight excluding hydrogens is 430 g/mol. The van der Waals surface area contributed by atoms with E-state index in [-0.39, 0.29) is 29.0 Å². The number of aliphatic hydroxyl groups is 6. The van der Waals surface area contributed by atoms with Gasteiger partial charge in [-0.3, -0.25) is 0 Å². The Morgan fingerprint density at radius 1 is 1.03 bits per heavy atom. The van der Waals surface area contributed by atoms with Crippen molar-refractivity contribution in [1.29, 1.82) is 5.26 Å². The smallest absolute Gasteiger partial charge is 0.186 e. The lowest BCUT2D eigenvalue weighted by Gasteiger charge is -2.39. The lowest BCUT2D eigenvalue weighted by molar-refractivity contribution is -0.306. The molecule has 0 radical (unpaired) electrons. The minimum Gasteiger partial charge on any atom is -0.394 e. The van der Waals surface area contributed by atoms with Crippen LogP contribution in [0.1, 0.15) is 11.8 Å². The van der Waals surface area contributed by atoms with E-state index >= 15 is 0 Å². The SMILES string of the molecule is N#Cc1cn(C2OC(COC3OC(CO)C(O)C(O)C3O)C(O)C2O)c2ncnc(N)c12. The van der Waals surface area contributed by atoms with Gasteiger partial charge in [0.1, 0.15) is 66.6 Å². The van der Waals surface area contributed by atoms with E-state index in [9.17, 15) is 35.9 Å². The summed E-state index contributed by atoms with van der Waals surface area (Å²) in [6.45, 7) is -1.00. The number of ether oxygens (including phenoxy) is 3. The van der Waals surface area contributed by atoms with E-state index in [1.165, 1.54) is 17.1 Å². The largest absolute Gasteiger partial charge is 0.394 e. The molecule has 14 heteroatoms. The fourth-order valence-corrected chi connectivity index (χ4v) is 3.88. The van der Waals surface area contributed by atoms with Crippen LogP contribution in [0.3, 0.4) is 0 Å². The van der Waals surface area contributed by atoms with Gasteiger partial charge in [-0.1, -0.05) is 0 Å². The van der Waals surface area contributed by atoms with Gasteiger partial charge >= 0.3 is 0 Å². The number of nitrogens with zero attached hydrogens (tertiary/aromatic N) is 4. The average molecular weight is 453 g/mol. The van der Waals surface area contributed by atoms with Crippen LogP contribution in [0.15, 0.2) is 12.5 Å². The summed E-state index contributed by atoms with van der Waals surface area (Å²) in [6.07, 6.45) is -9.92. The van der Waals surface area contributed by atoms with Crippen molar-refractivity contribution in [3.63, 3.8) is 0 Å². The van der Waals surface area contributed by atoms with E-state index < -0.39 is 61.9 Å². The van der Waals surface area contributed by atoms with Crippen molar-refractivity contribution in [2.24, 2.45) is 0 Å². The molecule has 2 aromatic rings. The molecule has 2 fully saturated rings. The van der Waals surface area contributed by atoms with Gasteiger partial charge in [0.2, 0.25) is 0 Å². The van der Waals surface area contributed by atoms with Crippen LogP contribution in [-0.2, 0) is 14.2 Å². The molecule has 0 spiro atoms. The molecular formula is C18H23N5O9. The first-order valence-corrected chi connectivity index (χ1v) is 9.73. The Kier molecular flexibility index (Phi) is 6.27. The second-order valence-electron chi connectivity index (χ2n) is 7.60. The molecule has 9 unspecified atom stereocenters. The molecule has 8 N–H and O–H groups in total. The van der Waals surface area contributed by atoms with Crippen molar-refractivity contribution in [1.82, 2.24) is 14.5 Å². The topological polar surface area (TPSA) is 230 Å². The molecule has 4 heterocycles. The minimum atomic E-state index is -1.63. The number of nitrogen functional groups attached to an aromatic ring is 1. The van der Waals surface area contributed by atoms with Gasteiger partial charge in [-0.15, -0.1) is 0 Å². The monoisotopic (exact) mass is 453 g/mol. The highest BCUT2D eigenvalue weighted by molar-refractivity contribution is 5.91. The molecule has 2 saturated heterocycles. The van der Waals surface area contributed by atoms with Crippen molar-refractivity contribution in [3.05, 3.63) is 18.1 Å². The summed E-state index contributed by atoms with van der Waals surface area (Å²) in [5, 5.41) is 69.6. The van der Waals surface area contributed by atoms with Gasteiger partial charge in [-0.05, 0) is 0 Å². The van der Waals surface area contributed by atoms with Gasteiger partial charge in [-0.2, -0.15) is 5.26 Å². The van der Waals surface area contributed by atoms with E-state index in [0.29, 0.717) is 0 Å². The third-order valence-corrected chi connectivity index (χ3v) is 5.64. The maximum absolute atomic E-state index is 10.5. The standard InChI is InChI=1S/C18H23N5O9/c19-1-6-2-23(16-9(6)15(20)21-5-22-16)17-13(28)11(26)8(31-17)4-30-18-14(29)12(27)10(25)7(3-24)32-18/h2,5,7-8,10-14,17-18,24-29H,3-4H2,(H2,20,21,22). The van der Waals surface area contributed by atoms with E-state index in [1.807, 2.05) is 6.07 Å². The normalized spacial score (nSPS) is 37.6. The first-order chi connectivity index (χ1) is 15.3. The second kappa shape index (κ2) is 8.83. The number of rotatable bonds is 5. The molecule has 32 heavy (non-hydrogen) atoms. The number of aliphatic hydroxyl groups excluding tert-OH is 6. The summed E-state index contributed by atoms with van der Waals surface area (Å²) >= 11 is 0. The average Bonchev–Trinajstić information content (AvgIpc) is 3.30. The lowest BCUT2D eigenvalue weighted by atomic mass is 9.99. The van der Waals surface area contributed by atoms with Crippen LogP contribution in [0, 0.1) is 11.3 Å². The molecule has 14 nitrogen and oxygen atoms in total. The number of fused-ring (bicyclic) bond motifs is 1. The Morgan fingerprint density at radius 3 is 2.44 bits per heavy atom. The third kappa shape index (κ3) is 3.69. The zero-order valence-corrected chi connectivity index (χ0v) is 16.5. The predicted octanol–water partition coefficient (Wildman–Crippen LogP) is -3.68. The van der Waals surface area contributed by atoms with Gasteiger partial charge in [0.25, 0.3) is 0 Å². The molecule has 2 aliphatic heterocycles. The summed E-state index contributed by atoms with van der Waals surface area (Å²) in [6, 6.07) is 1.97. The van der Waals surface area contributed by atoms with Crippen LogP contribution in [-0.4, -0.2) is 107 Å². The molecule has 0 amide bonds. The van der Waals surface area contributed by atoms with E-state index in [2.05, 4.69) is 9.97 Å². The summed E-state index contributed by atoms with van der Waals surface area (Å²) in [5.41, 5.74) is 6.22. The van der Waals surface area contributed by atoms with E-state index in [1.54, 1.807) is 0 Å². The number of hydrogen-bond donors (Lipinski definition) is 7. The number of nitriles is 1. The number of aromatic nitrogens is 3. The quantitative estimate of drug-likeness (QED) is 0.231. The second-order valence-corrected chi connectivity index (χ2v) is 7.60. The fourth-order valence-electron chi connectivity index (χ4n) is 3.88. The molecule has 0 bridgehead atoms. The summed E-state index contributed by atoms with van der Waals surface area (Å²) in [4.78, 5) is 7.94. The zero-order chi connectivity index (χ0) is 23.2. The highest BCUT2D eigenvalue weighted by atomic mass is 16.7. The summed E-state index contributed by atoms with van der Waals surface area (Å²) < 4.78 is 17.7. The predicted molar refractivity (Wildman–Crippen MR) is 102 cm³/mol. The molecule has 0 saturated carbocycles. The first kappa shape index (κ1) is 22.7. The lowest BCUT2D eigenvalue weighted by Crippen LogP contribution is -2.59. The minimum absolute atomic E-state index is 0.0702. The van der Waals surface area contributed by atoms with Crippen LogP contribution >= 0.6 is 0 Å². The Morgan fingerprint density at radius 2 is 1.75 bits per heavy atom. The van der Waals surface area contributed by atoms with Gasteiger partial charge in [0, 0.05) is 6.20 Å². The molecule has 9 atom stereocenters. The van der Waals surface area contributed by atoms with Gasteiger partial charge < -0.3 is 55.2 Å². The highest BCUT2D eigenvalue weighted by Gasteiger charge is 2.47. The molecule has 0 aliphatic carbocycles. The van der Waals surface area contributed by atoms with Gasteiger partial charge in [0.15, 0.2) is 12.5 Å². The number of nitrogens with two attached hydrogens (primary N) is 1. The van der Waals surface area contributed by atoms with Gasteiger partial charge in [-0.25, -0.2) is 9.97 Å². The zero-order valence-electron chi connectivity index (χ0n) is 16.5. The summed E-state index contributed by atoms with van der Waals surface area (Å²) in [5.74, 6) is 0.0702. The van der Waals surface area contributed by atoms with Gasteiger partial charge in [0.05, 0.1) is 24.2 Å². The summed E-state index contributed by atoms with van der Waals surface area (Å²) in [7, 11) is 0. The Bertz CT molecular complexity index is 1010. The number of anilines is 1. The van der Waals surface area contributed by atoms with Crippen molar-refractivity contribution in [3.8, 4) is 6.07 Å². The van der Waals surface area contributed by atoms with Crippen LogP contribution < -0.4 is 5.73 Å².